The summed E-state index contributed by atoms with van der Waals surface area (Å²) >= 11 is 0. The Kier molecular flexibility index (Phi) is 4.33. The van der Waals surface area contributed by atoms with Gasteiger partial charge in [0.2, 0.25) is 18.6 Å². The van der Waals surface area contributed by atoms with Gasteiger partial charge in [0.25, 0.3) is 0 Å². The molecule has 9 heteroatoms. The van der Waals surface area contributed by atoms with E-state index in [1.807, 2.05) is 30.3 Å². The maximum atomic E-state index is 9.88. The first-order valence-corrected chi connectivity index (χ1v) is 9.42. The van der Waals surface area contributed by atoms with Crippen molar-refractivity contribution in [2.75, 3.05) is 21.0 Å². The number of fused-ring (bicyclic) bond motifs is 2. The molecule has 2 aromatic carbocycles. The molecule has 0 spiro atoms. The largest absolute Gasteiger partial charge is 0.493 e. The Morgan fingerprint density at radius 1 is 1.10 bits per heavy atom. The zero-order chi connectivity index (χ0) is 21.5. The number of nitrogens with two attached hydrogens (primary N) is 1. The van der Waals surface area contributed by atoms with Gasteiger partial charge in [-0.1, -0.05) is 6.07 Å². The highest BCUT2D eigenvalue weighted by Crippen LogP contribution is 2.48. The SMILES string of the molecule is COc1ccc([C@H]2C(C#N)=C(N)Oc3n[nH]c(-c4ccc5c(c4)OCO5)c32)cc1OC. The number of hydrogen-bond acceptors (Lipinski definition) is 8. The zero-order valence-electron chi connectivity index (χ0n) is 16.8. The second-order valence-corrected chi connectivity index (χ2v) is 6.92. The molecular weight excluding hydrogens is 400 g/mol. The molecule has 3 heterocycles. The van der Waals surface area contributed by atoms with Gasteiger partial charge >= 0.3 is 0 Å². The lowest BCUT2D eigenvalue weighted by Gasteiger charge is -2.24. The molecule has 0 amide bonds. The first-order valence-electron chi connectivity index (χ1n) is 9.42. The van der Waals surface area contributed by atoms with Crippen molar-refractivity contribution in [3.63, 3.8) is 0 Å². The average Bonchev–Trinajstić information content (AvgIpc) is 3.43. The van der Waals surface area contributed by atoms with Gasteiger partial charge in [0.15, 0.2) is 23.0 Å². The molecule has 3 N–H and O–H groups in total. The van der Waals surface area contributed by atoms with Gasteiger partial charge in [-0.05, 0) is 35.9 Å². The van der Waals surface area contributed by atoms with Crippen LogP contribution in [0.3, 0.4) is 0 Å². The number of benzene rings is 2. The molecule has 156 valence electrons. The topological polar surface area (TPSA) is 125 Å². The lowest BCUT2D eigenvalue weighted by Crippen LogP contribution is -2.21. The van der Waals surface area contributed by atoms with Crippen LogP contribution in [0.1, 0.15) is 17.0 Å². The molecule has 0 aliphatic carbocycles. The van der Waals surface area contributed by atoms with E-state index in [0.29, 0.717) is 40.1 Å². The summed E-state index contributed by atoms with van der Waals surface area (Å²) in [5, 5.41) is 17.2. The van der Waals surface area contributed by atoms with Gasteiger partial charge in [-0.3, -0.25) is 5.10 Å². The van der Waals surface area contributed by atoms with Crippen LogP contribution in [-0.2, 0) is 0 Å². The summed E-state index contributed by atoms with van der Waals surface area (Å²) < 4.78 is 27.4. The van der Waals surface area contributed by atoms with Crippen molar-refractivity contribution in [1.29, 1.82) is 5.26 Å². The Balaban J connectivity index is 1.69. The molecule has 0 unspecified atom stereocenters. The smallest absolute Gasteiger partial charge is 0.244 e. The second-order valence-electron chi connectivity index (χ2n) is 6.92. The van der Waals surface area contributed by atoms with Gasteiger partial charge in [-0.25, -0.2) is 0 Å². The number of nitriles is 1. The monoisotopic (exact) mass is 418 g/mol. The van der Waals surface area contributed by atoms with Crippen molar-refractivity contribution >= 4 is 0 Å². The summed E-state index contributed by atoms with van der Waals surface area (Å²) in [4.78, 5) is 0. The van der Waals surface area contributed by atoms with E-state index in [0.717, 1.165) is 11.1 Å². The van der Waals surface area contributed by atoms with E-state index in [-0.39, 0.29) is 18.2 Å². The Bertz CT molecular complexity index is 1260. The van der Waals surface area contributed by atoms with E-state index in [1.54, 1.807) is 20.3 Å². The number of aromatic nitrogens is 2. The van der Waals surface area contributed by atoms with Crippen LogP contribution in [0.4, 0.5) is 0 Å². The first-order chi connectivity index (χ1) is 15.1. The fourth-order valence-corrected chi connectivity index (χ4v) is 3.88. The maximum Gasteiger partial charge on any atom is 0.244 e. The molecule has 1 aromatic heterocycles. The van der Waals surface area contributed by atoms with Crippen molar-refractivity contribution in [3.8, 4) is 46.2 Å². The fourth-order valence-electron chi connectivity index (χ4n) is 3.88. The lowest BCUT2D eigenvalue weighted by atomic mass is 9.83. The van der Waals surface area contributed by atoms with Crippen LogP contribution in [0.5, 0.6) is 28.9 Å². The van der Waals surface area contributed by atoms with Crippen molar-refractivity contribution in [3.05, 3.63) is 59.0 Å². The number of hydrogen-bond donors (Lipinski definition) is 2. The zero-order valence-corrected chi connectivity index (χ0v) is 16.8. The number of nitrogens with one attached hydrogen (secondary N) is 1. The van der Waals surface area contributed by atoms with Gasteiger partial charge in [-0.15, -0.1) is 5.10 Å². The number of nitrogens with zero attached hydrogens (tertiary/aromatic N) is 2. The van der Waals surface area contributed by atoms with Crippen molar-refractivity contribution < 1.29 is 23.7 Å². The van der Waals surface area contributed by atoms with E-state index in [1.165, 1.54) is 0 Å². The Labute approximate surface area is 177 Å². The molecule has 2 aliphatic rings. The quantitative estimate of drug-likeness (QED) is 0.662. The van der Waals surface area contributed by atoms with Crippen LogP contribution >= 0.6 is 0 Å². The molecule has 5 rings (SSSR count). The lowest BCUT2D eigenvalue weighted by molar-refractivity contribution is 0.174. The molecule has 0 bridgehead atoms. The fraction of sp³-hybridized carbons (Fsp3) is 0.182. The molecule has 1 atom stereocenters. The minimum absolute atomic E-state index is 0.0125. The maximum absolute atomic E-state index is 9.88. The number of methoxy groups -OCH3 is 2. The van der Waals surface area contributed by atoms with E-state index in [9.17, 15) is 5.26 Å². The number of allylic oxidation sites excluding steroid dienone is 1. The Morgan fingerprint density at radius 3 is 2.68 bits per heavy atom. The van der Waals surface area contributed by atoms with Gasteiger partial charge < -0.3 is 29.4 Å². The molecule has 0 radical (unpaired) electrons. The predicted molar refractivity (Wildman–Crippen MR) is 109 cm³/mol. The summed E-state index contributed by atoms with van der Waals surface area (Å²) in [6, 6.07) is 13.2. The van der Waals surface area contributed by atoms with Crippen molar-refractivity contribution in [2.24, 2.45) is 5.73 Å². The normalized spacial score (nSPS) is 16.4. The van der Waals surface area contributed by atoms with Crippen LogP contribution in [0.15, 0.2) is 47.9 Å². The minimum atomic E-state index is -0.521. The van der Waals surface area contributed by atoms with Gasteiger partial charge in [0, 0.05) is 5.56 Å². The summed E-state index contributed by atoms with van der Waals surface area (Å²) in [5.74, 6) is 2.23. The molecule has 0 fully saturated rings. The molecule has 3 aromatic rings. The number of ether oxygens (including phenoxy) is 5. The highest BCUT2D eigenvalue weighted by molar-refractivity contribution is 5.73. The molecule has 0 saturated heterocycles. The third-order valence-corrected chi connectivity index (χ3v) is 5.34. The Morgan fingerprint density at radius 2 is 1.90 bits per heavy atom. The molecule has 31 heavy (non-hydrogen) atoms. The molecular formula is C22H18N4O5. The highest BCUT2D eigenvalue weighted by Gasteiger charge is 2.36. The van der Waals surface area contributed by atoms with Gasteiger partial charge in [-0.2, -0.15) is 5.26 Å². The van der Waals surface area contributed by atoms with E-state index in [4.69, 9.17) is 29.4 Å². The van der Waals surface area contributed by atoms with Crippen LogP contribution < -0.4 is 29.4 Å². The van der Waals surface area contributed by atoms with Crippen LogP contribution in [0.2, 0.25) is 0 Å². The highest BCUT2D eigenvalue weighted by atomic mass is 16.7. The van der Waals surface area contributed by atoms with Crippen LogP contribution in [0.25, 0.3) is 11.3 Å². The Hall–Kier alpha value is -4.32. The predicted octanol–water partition coefficient (Wildman–Crippen LogP) is 3.04. The average molecular weight is 418 g/mol. The number of rotatable bonds is 4. The first kappa shape index (κ1) is 18.7. The van der Waals surface area contributed by atoms with E-state index >= 15 is 0 Å². The number of aromatic amines is 1. The summed E-state index contributed by atoms with van der Waals surface area (Å²) in [5.41, 5.74) is 9.32. The van der Waals surface area contributed by atoms with Gasteiger partial charge in [0.1, 0.15) is 11.6 Å². The minimum Gasteiger partial charge on any atom is -0.493 e. The van der Waals surface area contributed by atoms with Crippen molar-refractivity contribution in [2.45, 2.75) is 5.92 Å². The number of H-pyrrole nitrogens is 1. The van der Waals surface area contributed by atoms with E-state index < -0.39 is 5.92 Å². The molecule has 9 nitrogen and oxygen atoms in total. The van der Waals surface area contributed by atoms with Crippen LogP contribution in [0, 0.1) is 11.3 Å². The van der Waals surface area contributed by atoms with Gasteiger partial charge in [0.05, 0.1) is 31.4 Å². The third-order valence-electron chi connectivity index (χ3n) is 5.34. The summed E-state index contributed by atoms with van der Waals surface area (Å²) in [6.45, 7) is 0.176. The standard InChI is InChI=1S/C22H18N4O5/c1-27-14-5-3-11(7-16(14)28-2)18-13(9-23)21(24)31-22-19(18)20(25-26-22)12-4-6-15-17(8-12)30-10-29-15/h3-8,18H,10,24H2,1-2H3,(H,25,26)/t18-/m0/s1. The summed E-state index contributed by atoms with van der Waals surface area (Å²) in [7, 11) is 3.12. The molecule has 2 aliphatic heterocycles. The van der Waals surface area contributed by atoms with E-state index in [2.05, 4.69) is 16.3 Å². The third kappa shape index (κ3) is 2.88. The van der Waals surface area contributed by atoms with Crippen molar-refractivity contribution in [1.82, 2.24) is 10.2 Å². The second kappa shape index (κ2) is 7.18. The van der Waals surface area contributed by atoms with Crippen LogP contribution in [-0.4, -0.2) is 31.2 Å². The summed E-state index contributed by atoms with van der Waals surface area (Å²) in [6.07, 6.45) is 0. The molecule has 0 saturated carbocycles.